The molecule has 4 heteroatoms. The second-order valence-electron chi connectivity index (χ2n) is 5.17. The number of aromatic nitrogens is 1. The average Bonchev–Trinajstić information content (AvgIpc) is 2.82. The number of benzene rings is 1. The molecule has 108 valence electrons. The Hall–Kier alpha value is -1.81. The molecule has 1 amide bonds. The minimum Gasteiger partial charge on any atom is -0.347 e. The summed E-state index contributed by atoms with van der Waals surface area (Å²) in [6.45, 7) is 5.16. The average molecular weight is 273 g/mol. The smallest absolute Gasteiger partial charge is 0.241 e. The van der Waals surface area contributed by atoms with Gasteiger partial charge in [0.25, 0.3) is 0 Å². The van der Waals surface area contributed by atoms with Gasteiger partial charge < -0.3 is 15.6 Å². The van der Waals surface area contributed by atoms with E-state index in [-0.39, 0.29) is 5.91 Å². The lowest BCUT2D eigenvalue weighted by Crippen LogP contribution is -2.35. The van der Waals surface area contributed by atoms with Crippen LogP contribution in [-0.4, -0.2) is 16.5 Å². The van der Waals surface area contributed by atoms with Crippen LogP contribution in [0.1, 0.15) is 33.1 Å². The maximum atomic E-state index is 11.9. The zero-order valence-corrected chi connectivity index (χ0v) is 12.2. The summed E-state index contributed by atoms with van der Waals surface area (Å²) >= 11 is 0. The molecule has 1 atom stereocenters. The molecule has 0 bridgehead atoms. The molecule has 0 spiro atoms. The van der Waals surface area contributed by atoms with Gasteiger partial charge in [0.15, 0.2) is 0 Å². The maximum Gasteiger partial charge on any atom is 0.241 e. The molecule has 0 aliphatic rings. The van der Waals surface area contributed by atoms with Crippen molar-refractivity contribution in [3.63, 3.8) is 0 Å². The van der Waals surface area contributed by atoms with Crippen molar-refractivity contribution in [1.29, 1.82) is 0 Å². The van der Waals surface area contributed by atoms with Crippen molar-refractivity contribution >= 4 is 22.5 Å². The molecule has 1 heterocycles. The summed E-state index contributed by atoms with van der Waals surface area (Å²) in [5.74, 6) is -0.111. The van der Waals surface area contributed by atoms with Gasteiger partial charge in [-0.05, 0) is 36.4 Å². The Morgan fingerprint density at radius 3 is 2.80 bits per heavy atom. The number of nitrogens with two attached hydrogens (primary N) is 1. The highest BCUT2D eigenvalue weighted by atomic mass is 16.2. The molecule has 0 saturated heterocycles. The van der Waals surface area contributed by atoms with E-state index in [9.17, 15) is 4.79 Å². The van der Waals surface area contributed by atoms with Crippen LogP contribution in [0.25, 0.3) is 10.9 Å². The molecule has 0 saturated carbocycles. The van der Waals surface area contributed by atoms with E-state index in [4.69, 9.17) is 5.73 Å². The highest BCUT2D eigenvalue weighted by Crippen LogP contribution is 2.21. The topological polar surface area (TPSA) is 60.1 Å². The van der Waals surface area contributed by atoms with Crippen LogP contribution in [0.3, 0.4) is 0 Å². The third-order valence-corrected chi connectivity index (χ3v) is 3.44. The number of carbonyl (C=O) groups excluding carboxylic acids is 1. The fourth-order valence-corrected chi connectivity index (χ4v) is 2.37. The molecule has 1 aromatic carbocycles. The number of hydrogen-bond acceptors (Lipinski definition) is 2. The first-order valence-electron chi connectivity index (χ1n) is 7.31. The van der Waals surface area contributed by atoms with Crippen molar-refractivity contribution in [3.05, 3.63) is 30.5 Å². The minimum atomic E-state index is -0.432. The lowest BCUT2D eigenvalue weighted by atomic mass is 10.1. The molecule has 2 aromatic rings. The highest BCUT2D eigenvalue weighted by molar-refractivity contribution is 5.96. The number of carbonyl (C=O) groups is 1. The van der Waals surface area contributed by atoms with Gasteiger partial charge in [-0.15, -0.1) is 0 Å². The molecule has 3 N–H and O–H groups in total. The van der Waals surface area contributed by atoms with E-state index in [2.05, 4.69) is 29.1 Å². The Kier molecular flexibility index (Phi) is 4.79. The number of amides is 1. The van der Waals surface area contributed by atoms with Gasteiger partial charge in [0, 0.05) is 18.4 Å². The van der Waals surface area contributed by atoms with Crippen molar-refractivity contribution in [2.24, 2.45) is 5.73 Å². The second-order valence-corrected chi connectivity index (χ2v) is 5.17. The van der Waals surface area contributed by atoms with Gasteiger partial charge in [0.2, 0.25) is 5.91 Å². The largest absolute Gasteiger partial charge is 0.347 e. The minimum absolute atomic E-state index is 0.111. The van der Waals surface area contributed by atoms with E-state index in [0.717, 1.165) is 30.6 Å². The van der Waals surface area contributed by atoms with Crippen molar-refractivity contribution < 1.29 is 4.79 Å². The molecular weight excluding hydrogens is 250 g/mol. The molecule has 0 aliphatic carbocycles. The van der Waals surface area contributed by atoms with E-state index in [1.165, 1.54) is 5.39 Å². The first kappa shape index (κ1) is 14.6. The fraction of sp³-hybridized carbons (Fsp3) is 0.438. The predicted octanol–water partition coefficient (Wildman–Crippen LogP) is 3.12. The number of nitrogens with zero attached hydrogens (tertiary/aromatic N) is 1. The van der Waals surface area contributed by atoms with Crippen LogP contribution in [0.5, 0.6) is 0 Å². The van der Waals surface area contributed by atoms with Gasteiger partial charge in [-0.25, -0.2) is 0 Å². The Morgan fingerprint density at radius 2 is 2.10 bits per heavy atom. The highest BCUT2D eigenvalue weighted by Gasteiger charge is 2.12. The van der Waals surface area contributed by atoms with Crippen LogP contribution < -0.4 is 11.1 Å². The predicted molar refractivity (Wildman–Crippen MR) is 83.7 cm³/mol. The normalized spacial score (nSPS) is 12.6. The lowest BCUT2D eigenvalue weighted by molar-refractivity contribution is -0.117. The van der Waals surface area contributed by atoms with E-state index in [0.29, 0.717) is 6.42 Å². The quantitative estimate of drug-likeness (QED) is 0.849. The zero-order valence-electron chi connectivity index (χ0n) is 12.2. The van der Waals surface area contributed by atoms with Crippen molar-refractivity contribution in [2.45, 2.75) is 45.7 Å². The summed E-state index contributed by atoms with van der Waals surface area (Å²) in [7, 11) is 0. The third-order valence-electron chi connectivity index (χ3n) is 3.44. The summed E-state index contributed by atoms with van der Waals surface area (Å²) in [6.07, 6.45) is 4.79. The summed E-state index contributed by atoms with van der Waals surface area (Å²) in [6, 6.07) is 7.64. The first-order valence-corrected chi connectivity index (χ1v) is 7.31. The zero-order chi connectivity index (χ0) is 14.5. The number of hydrogen-bond donors (Lipinski definition) is 2. The van der Waals surface area contributed by atoms with E-state index in [1.807, 2.05) is 25.1 Å². The SMILES string of the molecule is CCCC(N)C(=O)Nc1ccc2ccn(CCC)c2c1. The third kappa shape index (κ3) is 3.20. The summed E-state index contributed by atoms with van der Waals surface area (Å²) < 4.78 is 2.21. The Labute approximate surface area is 120 Å². The summed E-state index contributed by atoms with van der Waals surface area (Å²) in [5.41, 5.74) is 7.79. The summed E-state index contributed by atoms with van der Waals surface area (Å²) in [5, 5.41) is 4.09. The van der Waals surface area contributed by atoms with Crippen molar-refractivity contribution in [1.82, 2.24) is 4.57 Å². The van der Waals surface area contributed by atoms with Crippen LogP contribution in [0.15, 0.2) is 30.5 Å². The van der Waals surface area contributed by atoms with Crippen LogP contribution in [0.4, 0.5) is 5.69 Å². The Bertz CT molecular complexity index is 588. The van der Waals surface area contributed by atoms with Gasteiger partial charge in [-0.1, -0.05) is 26.3 Å². The molecule has 0 fully saturated rings. The number of fused-ring (bicyclic) bond motifs is 1. The van der Waals surface area contributed by atoms with Gasteiger partial charge in [0.05, 0.1) is 11.6 Å². The number of aryl methyl sites for hydroxylation is 1. The Balaban J connectivity index is 2.18. The van der Waals surface area contributed by atoms with E-state index in [1.54, 1.807) is 0 Å². The molecule has 1 unspecified atom stereocenters. The second kappa shape index (κ2) is 6.57. The lowest BCUT2D eigenvalue weighted by Gasteiger charge is -2.12. The maximum absolute atomic E-state index is 11.9. The molecule has 4 nitrogen and oxygen atoms in total. The van der Waals surface area contributed by atoms with Crippen molar-refractivity contribution in [2.75, 3.05) is 5.32 Å². The molecule has 1 aromatic heterocycles. The number of nitrogens with one attached hydrogen (secondary N) is 1. The van der Waals surface area contributed by atoms with Crippen LogP contribution in [0, 0.1) is 0 Å². The first-order chi connectivity index (χ1) is 9.65. The van der Waals surface area contributed by atoms with Crippen LogP contribution in [-0.2, 0) is 11.3 Å². The standard InChI is InChI=1S/C16H23N3O/c1-3-5-14(17)16(20)18-13-7-6-12-8-10-19(9-4-2)15(12)11-13/h6-8,10-11,14H,3-5,9,17H2,1-2H3,(H,18,20). The van der Waals surface area contributed by atoms with Gasteiger partial charge >= 0.3 is 0 Å². The monoisotopic (exact) mass is 273 g/mol. The van der Waals surface area contributed by atoms with Gasteiger partial charge in [-0.2, -0.15) is 0 Å². The molecule has 0 aliphatic heterocycles. The molecule has 2 rings (SSSR count). The van der Waals surface area contributed by atoms with Crippen molar-refractivity contribution in [3.8, 4) is 0 Å². The van der Waals surface area contributed by atoms with Gasteiger partial charge in [-0.3, -0.25) is 4.79 Å². The molecule has 0 radical (unpaired) electrons. The van der Waals surface area contributed by atoms with Gasteiger partial charge in [0.1, 0.15) is 0 Å². The van der Waals surface area contributed by atoms with E-state index >= 15 is 0 Å². The molecular formula is C16H23N3O. The number of rotatable bonds is 6. The fourth-order valence-electron chi connectivity index (χ4n) is 2.37. The Morgan fingerprint density at radius 1 is 1.30 bits per heavy atom. The molecule has 20 heavy (non-hydrogen) atoms. The van der Waals surface area contributed by atoms with Crippen LogP contribution in [0.2, 0.25) is 0 Å². The summed E-state index contributed by atoms with van der Waals surface area (Å²) in [4.78, 5) is 11.9. The van der Waals surface area contributed by atoms with E-state index < -0.39 is 6.04 Å². The number of anilines is 1. The van der Waals surface area contributed by atoms with Crippen LogP contribution >= 0.6 is 0 Å².